The summed E-state index contributed by atoms with van der Waals surface area (Å²) in [6, 6.07) is 4.92. The Bertz CT molecular complexity index is 974. The summed E-state index contributed by atoms with van der Waals surface area (Å²) >= 11 is 6.43. The number of nitrogen functional groups attached to an aromatic ring is 1. The molecule has 2 aromatic rings. The molecule has 0 saturated heterocycles. The van der Waals surface area contributed by atoms with E-state index in [0.29, 0.717) is 22.2 Å². The highest BCUT2D eigenvalue weighted by atomic mass is 35.5. The Hall–Kier alpha value is -2.87. The predicted octanol–water partition coefficient (Wildman–Crippen LogP) is 4.20. The standard InChI is InChI=1S/C21H25ClN6O2/c1-27-18-14(11-24-20(23)26-18)12-28(21(27)30)17-10-15(8-9-16(17)22)25-19(29)13-6-4-2-3-5-7-13/h8-11,13H,2-7,12H2,1H3,(H,25,29)(H2,23,24,26). The van der Waals surface area contributed by atoms with Crippen LogP contribution in [0.2, 0.25) is 5.02 Å². The number of anilines is 4. The largest absolute Gasteiger partial charge is 0.368 e. The van der Waals surface area contributed by atoms with Crippen molar-refractivity contribution in [3.63, 3.8) is 0 Å². The number of nitrogens with zero attached hydrogens (tertiary/aromatic N) is 4. The number of amides is 3. The summed E-state index contributed by atoms with van der Waals surface area (Å²) < 4.78 is 0. The van der Waals surface area contributed by atoms with E-state index in [2.05, 4.69) is 15.3 Å². The molecule has 1 aliphatic heterocycles. The van der Waals surface area contributed by atoms with Gasteiger partial charge in [-0.1, -0.05) is 37.3 Å². The molecule has 9 heteroatoms. The molecular weight excluding hydrogens is 404 g/mol. The van der Waals surface area contributed by atoms with Crippen molar-refractivity contribution in [2.45, 2.75) is 45.1 Å². The summed E-state index contributed by atoms with van der Waals surface area (Å²) in [4.78, 5) is 36.9. The number of benzene rings is 1. The number of carbonyl (C=O) groups excluding carboxylic acids is 2. The highest BCUT2D eigenvalue weighted by Crippen LogP contribution is 2.35. The first-order valence-electron chi connectivity index (χ1n) is 10.2. The molecule has 1 fully saturated rings. The summed E-state index contributed by atoms with van der Waals surface area (Å²) in [6.45, 7) is 0.262. The number of halogens is 1. The number of hydrogen-bond donors (Lipinski definition) is 2. The molecule has 0 atom stereocenters. The monoisotopic (exact) mass is 428 g/mol. The van der Waals surface area contributed by atoms with Crippen LogP contribution in [-0.4, -0.2) is 29.0 Å². The lowest BCUT2D eigenvalue weighted by Gasteiger charge is -2.34. The number of fused-ring (bicyclic) bond motifs is 1. The van der Waals surface area contributed by atoms with E-state index in [0.717, 1.165) is 31.2 Å². The van der Waals surface area contributed by atoms with Crippen LogP contribution in [-0.2, 0) is 11.3 Å². The van der Waals surface area contributed by atoms with E-state index in [1.807, 2.05) is 0 Å². The van der Waals surface area contributed by atoms with Crippen LogP contribution in [0.3, 0.4) is 0 Å². The first-order chi connectivity index (χ1) is 14.4. The summed E-state index contributed by atoms with van der Waals surface area (Å²) in [5.41, 5.74) is 7.57. The van der Waals surface area contributed by atoms with E-state index in [4.69, 9.17) is 17.3 Å². The van der Waals surface area contributed by atoms with Crippen molar-refractivity contribution in [1.29, 1.82) is 0 Å². The van der Waals surface area contributed by atoms with E-state index in [9.17, 15) is 9.59 Å². The first-order valence-corrected chi connectivity index (χ1v) is 10.6. The van der Waals surface area contributed by atoms with Crippen molar-refractivity contribution in [3.8, 4) is 0 Å². The number of hydrogen-bond acceptors (Lipinski definition) is 5. The van der Waals surface area contributed by atoms with Crippen molar-refractivity contribution in [1.82, 2.24) is 9.97 Å². The third-order valence-corrected chi connectivity index (χ3v) is 6.07. The van der Waals surface area contributed by atoms with Gasteiger partial charge in [0.1, 0.15) is 5.82 Å². The molecule has 8 nitrogen and oxygen atoms in total. The molecule has 1 aromatic heterocycles. The van der Waals surface area contributed by atoms with Crippen molar-refractivity contribution >= 4 is 46.7 Å². The molecule has 4 rings (SSSR count). The Kier molecular flexibility index (Phi) is 5.76. The van der Waals surface area contributed by atoms with Gasteiger partial charge in [0, 0.05) is 30.4 Å². The maximum absolute atomic E-state index is 13.0. The minimum Gasteiger partial charge on any atom is -0.368 e. The Morgan fingerprint density at radius 2 is 1.97 bits per heavy atom. The van der Waals surface area contributed by atoms with Gasteiger partial charge in [0.2, 0.25) is 11.9 Å². The third-order valence-electron chi connectivity index (χ3n) is 5.75. The van der Waals surface area contributed by atoms with Gasteiger partial charge in [-0.2, -0.15) is 4.98 Å². The molecule has 1 aliphatic carbocycles. The van der Waals surface area contributed by atoms with Gasteiger partial charge in [-0.05, 0) is 31.0 Å². The molecule has 3 N–H and O–H groups in total. The lowest BCUT2D eigenvalue weighted by Crippen LogP contribution is -2.46. The number of carbonyl (C=O) groups is 2. The fourth-order valence-electron chi connectivity index (χ4n) is 4.09. The highest BCUT2D eigenvalue weighted by Gasteiger charge is 2.32. The minimum absolute atomic E-state index is 0.0292. The maximum atomic E-state index is 13.0. The number of nitrogens with two attached hydrogens (primary N) is 1. The second-order valence-electron chi connectivity index (χ2n) is 7.85. The highest BCUT2D eigenvalue weighted by molar-refractivity contribution is 6.34. The molecule has 0 unspecified atom stereocenters. The average Bonchev–Trinajstić information content (AvgIpc) is 3.02. The molecule has 3 amide bonds. The van der Waals surface area contributed by atoms with Crippen molar-refractivity contribution in [3.05, 3.63) is 35.0 Å². The summed E-state index contributed by atoms with van der Waals surface area (Å²) in [5, 5.41) is 3.43. The quantitative estimate of drug-likeness (QED) is 0.713. The Labute approximate surface area is 180 Å². The number of rotatable bonds is 3. The predicted molar refractivity (Wildman–Crippen MR) is 118 cm³/mol. The zero-order valence-electron chi connectivity index (χ0n) is 16.9. The van der Waals surface area contributed by atoms with Gasteiger partial charge in [0.25, 0.3) is 0 Å². The zero-order valence-corrected chi connectivity index (χ0v) is 17.7. The molecule has 158 valence electrons. The molecule has 0 spiro atoms. The van der Waals surface area contributed by atoms with Crippen LogP contribution >= 0.6 is 11.6 Å². The van der Waals surface area contributed by atoms with E-state index in [-0.39, 0.29) is 30.3 Å². The molecule has 2 heterocycles. The SMILES string of the molecule is CN1C(=O)N(c2cc(NC(=O)C3CCCCCC3)ccc2Cl)Cc2cnc(N)nc21. The Balaban J connectivity index is 1.58. The van der Waals surface area contributed by atoms with Crippen LogP contribution in [0.1, 0.15) is 44.1 Å². The molecule has 30 heavy (non-hydrogen) atoms. The summed E-state index contributed by atoms with van der Waals surface area (Å²) in [7, 11) is 1.63. The van der Waals surface area contributed by atoms with Gasteiger partial charge in [0.15, 0.2) is 0 Å². The lowest BCUT2D eigenvalue weighted by molar-refractivity contribution is -0.120. The van der Waals surface area contributed by atoms with Gasteiger partial charge >= 0.3 is 6.03 Å². The summed E-state index contributed by atoms with van der Waals surface area (Å²) in [6.07, 6.45) is 8.00. The van der Waals surface area contributed by atoms with E-state index >= 15 is 0 Å². The van der Waals surface area contributed by atoms with Crippen molar-refractivity contribution in [2.24, 2.45) is 5.92 Å². The number of urea groups is 1. The third kappa shape index (κ3) is 4.05. The Morgan fingerprint density at radius 1 is 1.23 bits per heavy atom. The molecule has 2 aliphatic rings. The van der Waals surface area contributed by atoms with Gasteiger partial charge in [-0.3, -0.25) is 14.6 Å². The van der Waals surface area contributed by atoms with Gasteiger partial charge in [-0.15, -0.1) is 0 Å². The van der Waals surface area contributed by atoms with Gasteiger partial charge in [0.05, 0.1) is 17.3 Å². The van der Waals surface area contributed by atoms with E-state index < -0.39 is 0 Å². The van der Waals surface area contributed by atoms with Crippen molar-refractivity contribution < 1.29 is 9.59 Å². The number of aromatic nitrogens is 2. The van der Waals surface area contributed by atoms with Gasteiger partial charge < -0.3 is 11.1 Å². The topological polar surface area (TPSA) is 104 Å². The normalized spacial score (nSPS) is 17.5. The Morgan fingerprint density at radius 3 is 2.70 bits per heavy atom. The number of nitrogens with one attached hydrogen (secondary N) is 1. The second kappa shape index (κ2) is 8.47. The van der Waals surface area contributed by atoms with Crippen LogP contribution in [0, 0.1) is 5.92 Å². The van der Waals surface area contributed by atoms with Crippen LogP contribution in [0.25, 0.3) is 0 Å². The average molecular weight is 429 g/mol. The van der Waals surface area contributed by atoms with E-state index in [1.54, 1.807) is 36.3 Å². The summed E-state index contributed by atoms with van der Waals surface area (Å²) in [5.74, 6) is 0.658. The molecule has 0 bridgehead atoms. The van der Waals surface area contributed by atoms with Crippen molar-refractivity contribution in [2.75, 3.05) is 27.9 Å². The first kappa shape index (κ1) is 20.4. The smallest absolute Gasteiger partial charge is 0.330 e. The molecule has 1 saturated carbocycles. The van der Waals surface area contributed by atoms with Gasteiger partial charge in [-0.25, -0.2) is 9.78 Å². The van der Waals surface area contributed by atoms with Crippen LogP contribution < -0.4 is 20.9 Å². The fraction of sp³-hybridized carbons (Fsp3) is 0.429. The second-order valence-corrected chi connectivity index (χ2v) is 8.26. The minimum atomic E-state index is -0.283. The van der Waals surface area contributed by atoms with Crippen LogP contribution in [0.15, 0.2) is 24.4 Å². The van der Waals surface area contributed by atoms with Crippen LogP contribution in [0.4, 0.5) is 27.9 Å². The zero-order chi connectivity index (χ0) is 21.3. The van der Waals surface area contributed by atoms with E-state index in [1.165, 1.54) is 17.7 Å². The molecule has 0 radical (unpaired) electrons. The molecule has 1 aromatic carbocycles. The van der Waals surface area contributed by atoms with Crippen LogP contribution in [0.5, 0.6) is 0 Å². The fourth-order valence-corrected chi connectivity index (χ4v) is 4.31. The lowest BCUT2D eigenvalue weighted by atomic mass is 9.99. The maximum Gasteiger partial charge on any atom is 0.330 e. The molecular formula is C21H25ClN6O2.